The number of aliphatic hydroxyl groups excluding tert-OH is 1. The molecule has 1 saturated heterocycles. The lowest BCUT2D eigenvalue weighted by atomic mass is 9.91. The van der Waals surface area contributed by atoms with Crippen LogP contribution in [-0.2, 0) is 11.3 Å². The molecule has 5 heteroatoms. The molecule has 1 atom stereocenters. The van der Waals surface area contributed by atoms with Crippen molar-refractivity contribution < 1.29 is 9.90 Å². The van der Waals surface area contributed by atoms with Crippen molar-refractivity contribution in [3.63, 3.8) is 0 Å². The fraction of sp³-hybridized carbons (Fsp3) is 0.625. The van der Waals surface area contributed by atoms with Crippen LogP contribution >= 0.6 is 0 Å². The zero-order valence-electron chi connectivity index (χ0n) is 12.8. The van der Waals surface area contributed by atoms with Gasteiger partial charge in [0.1, 0.15) is 6.10 Å². The van der Waals surface area contributed by atoms with Crippen LogP contribution in [0.5, 0.6) is 0 Å². The fourth-order valence-corrected chi connectivity index (χ4v) is 2.80. The van der Waals surface area contributed by atoms with Gasteiger partial charge in [0.15, 0.2) is 0 Å². The number of nitrogens with zero attached hydrogens (tertiary/aromatic N) is 2. The highest BCUT2D eigenvalue weighted by molar-refractivity contribution is 5.78. The van der Waals surface area contributed by atoms with Crippen molar-refractivity contribution in [2.45, 2.75) is 45.3 Å². The van der Waals surface area contributed by atoms with Crippen LogP contribution in [-0.4, -0.2) is 40.1 Å². The molecule has 1 aromatic rings. The number of aliphatic hydroxyl groups is 1. The van der Waals surface area contributed by atoms with Crippen LogP contribution in [0.4, 0.5) is 0 Å². The number of nitrogens with two attached hydrogens (primary N) is 1. The summed E-state index contributed by atoms with van der Waals surface area (Å²) in [4.78, 5) is 18.0. The third-order valence-electron chi connectivity index (χ3n) is 4.18. The highest BCUT2D eigenvalue weighted by Crippen LogP contribution is 2.22. The Labute approximate surface area is 126 Å². The van der Waals surface area contributed by atoms with Gasteiger partial charge in [0, 0.05) is 12.2 Å². The normalized spacial score (nSPS) is 18.9. The number of carbonyl (C=O) groups is 1. The predicted octanol–water partition coefficient (Wildman–Crippen LogP) is 1.26. The van der Waals surface area contributed by atoms with Crippen molar-refractivity contribution in [1.29, 1.82) is 0 Å². The zero-order valence-corrected chi connectivity index (χ0v) is 12.8. The monoisotopic (exact) mass is 291 g/mol. The second kappa shape index (κ2) is 7.00. The first-order valence-electron chi connectivity index (χ1n) is 7.63. The molecule has 1 aliphatic heterocycles. The van der Waals surface area contributed by atoms with Gasteiger partial charge in [-0.25, -0.2) is 0 Å². The molecule has 116 valence electrons. The van der Waals surface area contributed by atoms with Crippen LogP contribution in [0, 0.1) is 5.92 Å². The number of likely N-dealkylation sites (tertiary alicyclic amines) is 1. The molecule has 21 heavy (non-hydrogen) atoms. The number of amides is 1. The first-order valence-corrected chi connectivity index (χ1v) is 7.63. The van der Waals surface area contributed by atoms with E-state index in [1.54, 1.807) is 0 Å². The number of hydrogen-bond donors (Lipinski definition) is 2. The van der Waals surface area contributed by atoms with Crippen molar-refractivity contribution >= 4 is 5.91 Å². The lowest BCUT2D eigenvalue weighted by Crippen LogP contribution is -2.42. The Kier molecular flexibility index (Phi) is 5.31. The number of rotatable bonds is 5. The third kappa shape index (κ3) is 4.25. The Bertz CT molecular complexity index is 482. The molecule has 0 radical (unpaired) electrons. The van der Waals surface area contributed by atoms with Crippen molar-refractivity contribution in [2.75, 3.05) is 13.1 Å². The summed E-state index contributed by atoms with van der Waals surface area (Å²) in [5.41, 5.74) is 7.35. The van der Waals surface area contributed by atoms with Gasteiger partial charge in [-0.05, 0) is 49.9 Å². The number of primary amides is 1. The van der Waals surface area contributed by atoms with E-state index in [-0.39, 0.29) is 5.92 Å². The van der Waals surface area contributed by atoms with E-state index < -0.39 is 12.0 Å². The summed E-state index contributed by atoms with van der Waals surface area (Å²) in [6.45, 7) is 6.83. The van der Waals surface area contributed by atoms with Gasteiger partial charge in [0.25, 0.3) is 0 Å². The first kappa shape index (κ1) is 15.9. The Morgan fingerprint density at radius 1 is 1.43 bits per heavy atom. The molecule has 0 unspecified atom stereocenters. The first-order chi connectivity index (χ1) is 9.97. The maximum Gasteiger partial charge on any atom is 0.246 e. The van der Waals surface area contributed by atoms with Gasteiger partial charge < -0.3 is 10.8 Å². The molecule has 3 N–H and O–H groups in total. The number of aromatic nitrogens is 1. The highest BCUT2D eigenvalue weighted by atomic mass is 16.3. The summed E-state index contributed by atoms with van der Waals surface area (Å²) in [6.07, 6.45) is 0.594. The zero-order chi connectivity index (χ0) is 15.4. The van der Waals surface area contributed by atoms with Crippen molar-refractivity contribution in [3.8, 4) is 0 Å². The summed E-state index contributed by atoms with van der Waals surface area (Å²) in [5.74, 6) is -0.185. The molecule has 2 rings (SSSR count). The lowest BCUT2D eigenvalue weighted by molar-refractivity contribution is -0.129. The van der Waals surface area contributed by atoms with Crippen molar-refractivity contribution in [1.82, 2.24) is 9.88 Å². The van der Waals surface area contributed by atoms with Gasteiger partial charge in [-0.3, -0.25) is 14.7 Å². The summed E-state index contributed by atoms with van der Waals surface area (Å²) >= 11 is 0. The van der Waals surface area contributed by atoms with E-state index in [4.69, 9.17) is 5.73 Å². The average molecular weight is 291 g/mol. The topological polar surface area (TPSA) is 79.5 Å². The van der Waals surface area contributed by atoms with E-state index >= 15 is 0 Å². The molecule has 1 aliphatic rings. The highest BCUT2D eigenvalue weighted by Gasteiger charge is 2.28. The van der Waals surface area contributed by atoms with Crippen LogP contribution in [0.15, 0.2) is 18.2 Å². The van der Waals surface area contributed by atoms with E-state index in [9.17, 15) is 9.90 Å². The molecule has 0 saturated carbocycles. The molecule has 0 bridgehead atoms. The number of hydrogen-bond acceptors (Lipinski definition) is 4. The molecule has 0 spiro atoms. The second-order valence-corrected chi connectivity index (χ2v) is 6.17. The van der Waals surface area contributed by atoms with Crippen LogP contribution in [0.3, 0.4) is 0 Å². The fourth-order valence-electron chi connectivity index (χ4n) is 2.80. The summed E-state index contributed by atoms with van der Waals surface area (Å²) in [6, 6.07) is 6.17. The minimum Gasteiger partial charge on any atom is -0.383 e. The Morgan fingerprint density at radius 3 is 2.67 bits per heavy atom. The van der Waals surface area contributed by atoms with Crippen molar-refractivity contribution in [2.24, 2.45) is 11.7 Å². The second-order valence-electron chi connectivity index (χ2n) is 6.17. The Hall–Kier alpha value is -1.46. The largest absolute Gasteiger partial charge is 0.383 e. The molecule has 1 amide bonds. The van der Waals surface area contributed by atoms with E-state index in [1.165, 1.54) is 0 Å². The summed E-state index contributed by atoms with van der Waals surface area (Å²) in [5, 5.41) is 9.72. The average Bonchev–Trinajstić information content (AvgIpc) is 2.47. The summed E-state index contributed by atoms with van der Waals surface area (Å²) < 4.78 is 0. The van der Waals surface area contributed by atoms with E-state index in [0.717, 1.165) is 43.9 Å². The van der Waals surface area contributed by atoms with Gasteiger partial charge in [-0.15, -0.1) is 0 Å². The van der Waals surface area contributed by atoms with Gasteiger partial charge in [0.05, 0.1) is 5.69 Å². The molecule has 0 aliphatic carbocycles. The molecule has 5 nitrogen and oxygen atoms in total. The third-order valence-corrected chi connectivity index (χ3v) is 4.18. The number of piperidine rings is 1. The maximum atomic E-state index is 11.0. The van der Waals surface area contributed by atoms with E-state index in [2.05, 4.69) is 41.9 Å². The molecule has 1 aromatic heterocycles. The molecule has 0 aromatic carbocycles. The van der Waals surface area contributed by atoms with Crippen LogP contribution in [0.25, 0.3) is 0 Å². The maximum absolute atomic E-state index is 11.0. The standard InChI is InChI=1S/C16H25N3O2/c1-11(2)14-5-3-4-13(18-14)10-19-8-6-12(7-9-19)15(20)16(17)21/h3-5,11-12,15,20H,6-10H2,1-2H3,(H2,17,21)/t15-/m0/s1. The predicted molar refractivity (Wildman–Crippen MR) is 81.5 cm³/mol. The Morgan fingerprint density at radius 2 is 2.10 bits per heavy atom. The molecular weight excluding hydrogens is 266 g/mol. The Balaban J connectivity index is 1.89. The summed E-state index contributed by atoms with van der Waals surface area (Å²) in [7, 11) is 0. The van der Waals surface area contributed by atoms with Crippen LogP contribution in [0.2, 0.25) is 0 Å². The van der Waals surface area contributed by atoms with E-state index in [1.807, 2.05) is 0 Å². The quantitative estimate of drug-likeness (QED) is 0.856. The smallest absolute Gasteiger partial charge is 0.246 e. The minimum absolute atomic E-state index is 0.00583. The van der Waals surface area contributed by atoms with Gasteiger partial charge >= 0.3 is 0 Å². The SMILES string of the molecule is CC(C)c1cccc(CN2CCC([C@H](O)C(N)=O)CC2)n1. The van der Waals surface area contributed by atoms with Gasteiger partial charge in [0.2, 0.25) is 5.91 Å². The molecule has 2 heterocycles. The number of carbonyl (C=O) groups excluding carboxylic acids is 1. The van der Waals surface area contributed by atoms with E-state index in [0.29, 0.717) is 5.92 Å². The minimum atomic E-state index is -1.01. The van der Waals surface area contributed by atoms with Gasteiger partial charge in [-0.2, -0.15) is 0 Å². The molecule has 1 fully saturated rings. The van der Waals surface area contributed by atoms with Gasteiger partial charge in [-0.1, -0.05) is 19.9 Å². The van der Waals surface area contributed by atoms with Crippen LogP contribution in [0.1, 0.15) is 44.0 Å². The molecular formula is C16H25N3O2. The number of pyridine rings is 1. The van der Waals surface area contributed by atoms with Crippen LogP contribution < -0.4 is 5.73 Å². The lowest BCUT2D eigenvalue weighted by Gasteiger charge is -2.33. The van der Waals surface area contributed by atoms with Crippen molar-refractivity contribution in [3.05, 3.63) is 29.6 Å².